The third-order valence-corrected chi connectivity index (χ3v) is 5.21. The molecule has 1 aliphatic heterocycles. The van der Waals surface area contributed by atoms with Crippen LogP contribution in [-0.2, 0) is 10.3 Å². The lowest BCUT2D eigenvalue weighted by atomic mass is 9.82. The molecule has 1 aromatic carbocycles. The number of nitrogens with zero attached hydrogens (tertiary/aromatic N) is 1. The van der Waals surface area contributed by atoms with Crippen LogP contribution >= 0.6 is 11.5 Å². The predicted molar refractivity (Wildman–Crippen MR) is 77.7 cm³/mol. The molecule has 1 aliphatic carbocycles. The third-order valence-electron chi connectivity index (χ3n) is 4.31. The fourth-order valence-electron chi connectivity index (χ4n) is 3.32. The Kier molecular flexibility index (Phi) is 2.67. The van der Waals surface area contributed by atoms with Crippen molar-refractivity contribution in [3.63, 3.8) is 0 Å². The summed E-state index contributed by atoms with van der Waals surface area (Å²) in [5.41, 5.74) is 2.24. The van der Waals surface area contributed by atoms with E-state index in [4.69, 9.17) is 4.74 Å². The molecule has 20 heavy (non-hydrogen) atoms. The van der Waals surface area contributed by atoms with Gasteiger partial charge in [-0.2, -0.15) is 4.37 Å². The van der Waals surface area contributed by atoms with Crippen molar-refractivity contribution in [2.24, 2.45) is 0 Å². The van der Waals surface area contributed by atoms with Gasteiger partial charge in [0.1, 0.15) is 11.3 Å². The topological polar surface area (TPSA) is 39.2 Å². The van der Waals surface area contributed by atoms with E-state index in [1.807, 2.05) is 30.3 Å². The highest BCUT2D eigenvalue weighted by molar-refractivity contribution is 7.10. The summed E-state index contributed by atoms with van der Waals surface area (Å²) >= 11 is 1.43. The second-order valence-corrected chi connectivity index (χ2v) is 6.32. The lowest BCUT2D eigenvalue weighted by molar-refractivity contribution is -0.0297. The molecule has 1 saturated carbocycles. The molecular formula is C16H15NO2S. The summed E-state index contributed by atoms with van der Waals surface area (Å²) in [6.07, 6.45) is 5.30. The van der Waals surface area contributed by atoms with Gasteiger partial charge in [-0.15, -0.1) is 0 Å². The SMILES string of the molecule is O=C1OC2(CCCCC2)c2nsc(-c3ccccc3)c21. The van der Waals surface area contributed by atoms with Crippen molar-refractivity contribution < 1.29 is 9.53 Å². The van der Waals surface area contributed by atoms with E-state index in [9.17, 15) is 4.79 Å². The molecule has 4 heteroatoms. The zero-order valence-corrected chi connectivity index (χ0v) is 11.9. The van der Waals surface area contributed by atoms with E-state index >= 15 is 0 Å². The molecule has 0 bridgehead atoms. The Morgan fingerprint density at radius 3 is 2.60 bits per heavy atom. The molecule has 2 heterocycles. The van der Waals surface area contributed by atoms with Gasteiger partial charge >= 0.3 is 5.97 Å². The van der Waals surface area contributed by atoms with Gasteiger partial charge in [0.15, 0.2) is 5.60 Å². The van der Waals surface area contributed by atoms with Crippen LogP contribution in [0.2, 0.25) is 0 Å². The Hall–Kier alpha value is -1.68. The van der Waals surface area contributed by atoms with Crippen molar-refractivity contribution in [2.75, 3.05) is 0 Å². The molecule has 102 valence electrons. The van der Waals surface area contributed by atoms with Gasteiger partial charge in [-0.25, -0.2) is 4.79 Å². The minimum atomic E-state index is -0.422. The number of carbonyl (C=O) groups is 1. The van der Waals surface area contributed by atoms with Crippen molar-refractivity contribution in [3.05, 3.63) is 41.6 Å². The van der Waals surface area contributed by atoms with Crippen molar-refractivity contribution >= 4 is 17.5 Å². The first-order chi connectivity index (χ1) is 9.80. The van der Waals surface area contributed by atoms with Crippen LogP contribution in [0.1, 0.15) is 48.2 Å². The molecule has 4 rings (SSSR count). The number of rotatable bonds is 1. The van der Waals surface area contributed by atoms with Crippen LogP contribution < -0.4 is 0 Å². The average molecular weight is 285 g/mol. The zero-order valence-electron chi connectivity index (χ0n) is 11.1. The Balaban J connectivity index is 1.84. The molecule has 1 spiro atoms. The minimum absolute atomic E-state index is 0.186. The lowest BCUT2D eigenvalue weighted by Crippen LogP contribution is -2.29. The number of esters is 1. The van der Waals surface area contributed by atoms with Crippen LogP contribution in [0.4, 0.5) is 0 Å². The van der Waals surface area contributed by atoms with Crippen LogP contribution in [0.3, 0.4) is 0 Å². The Morgan fingerprint density at radius 2 is 1.85 bits per heavy atom. The molecule has 2 aromatic rings. The van der Waals surface area contributed by atoms with Gasteiger partial charge in [-0.1, -0.05) is 36.8 Å². The number of aromatic nitrogens is 1. The molecule has 2 aliphatic rings. The van der Waals surface area contributed by atoms with Gasteiger partial charge in [0.25, 0.3) is 0 Å². The van der Waals surface area contributed by atoms with Crippen molar-refractivity contribution in [1.29, 1.82) is 0 Å². The van der Waals surface area contributed by atoms with Gasteiger partial charge in [0, 0.05) is 0 Å². The van der Waals surface area contributed by atoms with E-state index in [2.05, 4.69) is 4.37 Å². The van der Waals surface area contributed by atoms with Crippen LogP contribution in [0.5, 0.6) is 0 Å². The van der Waals surface area contributed by atoms with E-state index in [0.29, 0.717) is 5.56 Å². The fourth-order valence-corrected chi connectivity index (χ4v) is 4.27. The van der Waals surface area contributed by atoms with E-state index in [0.717, 1.165) is 41.8 Å². The van der Waals surface area contributed by atoms with E-state index in [-0.39, 0.29) is 5.97 Å². The molecule has 0 radical (unpaired) electrons. The summed E-state index contributed by atoms with van der Waals surface area (Å²) in [5.74, 6) is -0.186. The number of fused-ring (bicyclic) bond motifs is 2. The molecule has 0 N–H and O–H groups in total. The average Bonchev–Trinajstić information content (AvgIpc) is 3.03. The lowest BCUT2D eigenvalue weighted by Gasteiger charge is -2.31. The number of hydrogen-bond acceptors (Lipinski definition) is 4. The number of ether oxygens (including phenoxy) is 1. The van der Waals surface area contributed by atoms with Gasteiger partial charge in [0.2, 0.25) is 0 Å². The smallest absolute Gasteiger partial charge is 0.342 e. The van der Waals surface area contributed by atoms with E-state index < -0.39 is 5.60 Å². The molecule has 1 aromatic heterocycles. The highest BCUT2D eigenvalue weighted by Gasteiger charge is 2.49. The summed E-state index contributed by atoms with van der Waals surface area (Å²) < 4.78 is 10.4. The standard InChI is InChI=1S/C16H15NO2S/c18-15-12-13(11-7-3-1-4-8-11)20-17-14(12)16(19-15)9-5-2-6-10-16/h1,3-4,7-8H,2,5-6,9-10H2. The second kappa shape index (κ2) is 4.42. The van der Waals surface area contributed by atoms with Crippen molar-refractivity contribution in [3.8, 4) is 10.4 Å². The Bertz CT molecular complexity index is 656. The first-order valence-electron chi connectivity index (χ1n) is 7.09. The molecule has 0 saturated heterocycles. The maximum atomic E-state index is 12.3. The quantitative estimate of drug-likeness (QED) is 0.739. The highest BCUT2D eigenvalue weighted by atomic mass is 32.1. The van der Waals surface area contributed by atoms with Gasteiger partial charge in [0.05, 0.1) is 4.88 Å². The highest BCUT2D eigenvalue weighted by Crippen LogP contribution is 2.49. The summed E-state index contributed by atoms with van der Waals surface area (Å²) in [7, 11) is 0. The normalized spacial score (nSPS) is 19.9. The molecule has 0 atom stereocenters. The van der Waals surface area contributed by atoms with Crippen LogP contribution in [0, 0.1) is 0 Å². The maximum Gasteiger partial charge on any atom is 0.342 e. The van der Waals surface area contributed by atoms with Crippen molar-refractivity contribution in [2.45, 2.75) is 37.7 Å². The van der Waals surface area contributed by atoms with Crippen LogP contribution in [-0.4, -0.2) is 10.3 Å². The van der Waals surface area contributed by atoms with E-state index in [1.165, 1.54) is 18.0 Å². The molecule has 0 amide bonds. The Labute approximate surface area is 121 Å². The molecule has 1 fully saturated rings. The monoisotopic (exact) mass is 285 g/mol. The summed E-state index contributed by atoms with van der Waals surface area (Å²) in [4.78, 5) is 13.3. The molecular weight excluding hydrogens is 270 g/mol. The summed E-state index contributed by atoms with van der Waals surface area (Å²) in [6, 6.07) is 9.99. The number of hydrogen-bond donors (Lipinski definition) is 0. The minimum Gasteiger partial charge on any atom is -0.449 e. The first-order valence-corrected chi connectivity index (χ1v) is 7.86. The zero-order chi connectivity index (χ0) is 13.6. The number of benzene rings is 1. The summed E-state index contributed by atoms with van der Waals surface area (Å²) in [5, 5.41) is 0. The first kappa shape index (κ1) is 12.1. The van der Waals surface area contributed by atoms with Gasteiger partial charge in [-0.3, -0.25) is 0 Å². The largest absolute Gasteiger partial charge is 0.449 e. The molecule has 0 unspecified atom stereocenters. The van der Waals surface area contributed by atoms with Gasteiger partial charge in [-0.05, 0) is 42.8 Å². The maximum absolute atomic E-state index is 12.3. The summed E-state index contributed by atoms with van der Waals surface area (Å²) in [6.45, 7) is 0. The van der Waals surface area contributed by atoms with Gasteiger partial charge < -0.3 is 4.74 Å². The molecule has 3 nitrogen and oxygen atoms in total. The fraction of sp³-hybridized carbons (Fsp3) is 0.375. The van der Waals surface area contributed by atoms with Crippen molar-refractivity contribution in [1.82, 2.24) is 4.37 Å². The Morgan fingerprint density at radius 1 is 1.10 bits per heavy atom. The predicted octanol–water partition coefficient (Wildman–Crippen LogP) is 4.14. The van der Waals surface area contributed by atoms with Crippen LogP contribution in [0.25, 0.3) is 10.4 Å². The second-order valence-electron chi connectivity index (χ2n) is 5.55. The third kappa shape index (κ3) is 1.64. The van der Waals surface area contributed by atoms with Crippen LogP contribution in [0.15, 0.2) is 30.3 Å². The number of carbonyl (C=O) groups excluding carboxylic acids is 1. The van der Waals surface area contributed by atoms with E-state index in [1.54, 1.807) is 0 Å².